The fourth-order valence-electron chi connectivity index (χ4n) is 2.60. The number of nitrogens with one attached hydrogen (secondary N) is 1. The van der Waals surface area contributed by atoms with Crippen LogP contribution >= 0.6 is 11.3 Å². The molecule has 0 aliphatic carbocycles. The Hall–Kier alpha value is -2.79. The minimum absolute atomic E-state index is 0.170. The summed E-state index contributed by atoms with van der Waals surface area (Å²) in [6, 6.07) is 15.8. The van der Waals surface area contributed by atoms with Gasteiger partial charge in [-0.05, 0) is 19.4 Å². The zero-order valence-electron chi connectivity index (χ0n) is 14.1. The van der Waals surface area contributed by atoms with Gasteiger partial charge in [0.25, 0.3) is 5.91 Å². The van der Waals surface area contributed by atoms with Crippen LogP contribution in [0.25, 0.3) is 0 Å². The molecule has 0 fully saturated rings. The van der Waals surface area contributed by atoms with Gasteiger partial charge in [0.15, 0.2) is 10.9 Å². The molecule has 4 nitrogen and oxygen atoms in total. The Morgan fingerprint density at radius 1 is 1.00 bits per heavy atom. The van der Waals surface area contributed by atoms with Crippen molar-refractivity contribution < 1.29 is 9.59 Å². The Morgan fingerprint density at radius 2 is 1.64 bits per heavy atom. The number of aromatic nitrogens is 1. The molecule has 0 radical (unpaired) electrons. The Morgan fingerprint density at radius 3 is 2.28 bits per heavy atom. The molecule has 0 spiro atoms. The topological polar surface area (TPSA) is 59.1 Å². The lowest BCUT2D eigenvalue weighted by atomic mass is 9.98. The summed E-state index contributed by atoms with van der Waals surface area (Å²) in [7, 11) is 0. The summed E-state index contributed by atoms with van der Waals surface area (Å²) in [5.74, 6) is -0.493. The maximum absolute atomic E-state index is 12.7. The number of nitrogens with zero attached hydrogens (tertiary/aromatic N) is 1. The summed E-state index contributed by atoms with van der Waals surface area (Å²) in [5.41, 5.74) is 2.27. The van der Waals surface area contributed by atoms with Crippen molar-refractivity contribution in [1.29, 1.82) is 0 Å². The van der Waals surface area contributed by atoms with Crippen LogP contribution in [0.15, 0.2) is 54.6 Å². The summed E-state index contributed by atoms with van der Waals surface area (Å²) < 4.78 is 0. The molecular weight excluding hydrogens is 332 g/mol. The lowest BCUT2D eigenvalue weighted by Gasteiger charge is -2.08. The number of carbonyl (C=O) groups is 2. The standard InChI is InChI=1S/C20H18N2O2S/c1-3-17-13(2)25-20(21-17)22-19(24)16-12-8-7-11-15(16)18(23)14-9-5-4-6-10-14/h4-12H,3H2,1-2H3,(H,21,22,24). The molecule has 2 aromatic carbocycles. The summed E-state index contributed by atoms with van der Waals surface area (Å²) in [6.45, 7) is 4.01. The van der Waals surface area contributed by atoms with Crippen LogP contribution < -0.4 is 5.32 Å². The van der Waals surface area contributed by atoms with Gasteiger partial charge in [-0.1, -0.05) is 55.5 Å². The van der Waals surface area contributed by atoms with Crippen molar-refractivity contribution in [3.63, 3.8) is 0 Å². The second kappa shape index (κ2) is 7.40. The van der Waals surface area contributed by atoms with E-state index in [1.54, 1.807) is 48.5 Å². The fourth-order valence-corrected chi connectivity index (χ4v) is 3.50. The number of benzene rings is 2. The number of hydrogen-bond donors (Lipinski definition) is 1. The minimum atomic E-state index is -0.323. The SMILES string of the molecule is CCc1nc(NC(=O)c2ccccc2C(=O)c2ccccc2)sc1C. The number of aryl methyl sites for hydroxylation is 2. The lowest BCUT2D eigenvalue weighted by molar-refractivity contribution is 0.0996. The number of carbonyl (C=O) groups excluding carboxylic acids is 2. The number of anilines is 1. The molecule has 0 atom stereocenters. The molecule has 0 saturated carbocycles. The largest absolute Gasteiger partial charge is 0.298 e. The van der Waals surface area contributed by atoms with Crippen molar-refractivity contribution >= 4 is 28.2 Å². The molecule has 1 heterocycles. The number of amides is 1. The van der Waals surface area contributed by atoms with E-state index in [1.807, 2.05) is 19.9 Å². The van der Waals surface area contributed by atoms with E-state index in [-0.39, 0.29) is 11.7 Å². The van der Waals surface area contributed by atoms with E-state index in [9.17, 15) is 9.59 Å². The molecular formula is C20H18N2O2S. The van der Waals surface area contributed by atoms with Crippen LogP contribution in [-0.2, 0) is 6.42 Å². The van der Waals surface area contributed by atoms with Crippen molar-refractivity contribution in [2.45, 2.75) is 20.3 Å². The third kappa shape index (κ3) is 3.67. The summed E-state index contributed by atoms with van der Waals surface area (Å²) in [6.07, 6.45) is 0.821. The normalized spacial score (nSPS) is 10.5. The molecule has 0 bridgehead atoms. The molecule has 25 heavy (non-hydrogen) atoms. The maximum atomic E-state index is 12.7. The first-order valence-electron chi connectivity index (χ1n) is 8.06. The average molecular weight is 350 g/mol. The van der Waals surface area contributed by atoms with Gasteiger partial charge in [-0.15, -0.1) is 11.3 Å². The summed E-state index contributed by atoms with van der Waals surface area (Å²) >= 11 is 1.44. The zero-order chi connectivity index (χ0) is 17.8. The molecule has 0 unspecified atom stereocenters. The number of thiazole rings is 1. The summed E-state index contributed by atoms with van der Waals surface area (Å²) in [5, 5.41) is 3.37. The molecule has 126 valence electrons. The number of rotatable bonds is 5. The van der Waals surface area contributed by atoms with Gasteiger partial charge in [-0.25, -0.2) is 4.98 Å². The van der Waals surface area contributed by atoms with Crippen molar-refractivity contribution in [1.82, 2.24) is 4.98 Å². The van der Waals surface area contributed by atoms with E-state index >= 15 is 0 Å². The maximum Gasteiger partial charge on any atom is 0.258 e. The van der Waals surface area contributed by atoms with Crippen LogP contribution in [0, 0.1) is 6.92 Å². The van der Waals surface area contributed by atoms with E-state index in [2.05, 4.69) is 10.3 Å². The van der Waals surface area contributed by atoms with Crippen LogP contribution in [0.4, 0.5) is 5.13 Å². The molecule has 3 rings (SSSR count). The Bertz CT molecular complexity index is 916. The van der Waals surface area contributed by atoms with Gasteiger partial charge in [0.2, 0.25) is 0 Å². The van der Waals surface area contributed by atoms with Gasteiger partial charge < -0.3 is 0 Å². The molecule has 0 saturated heterocycles. The first-order chi connectivity index (χ1) is 12.1. The van der Waals surface area contributed by atoms with Gasteiger partial charge in [0, 0.05) is 16.0 Å². The molecule has 0 aliphatic rings. The van der Waals surface area contributed by atoms with Crippen molar-refractivity contribution in [3.8, 4) is 0 Å². The Labute approximate surface area is 150 Å². The highest BCUT2D eigenvalue weighted by molar-refractivity contribution is 7.15. The van der Waals surface area contributed by atoms with Crippen LogP contribution in [0.2, 0.25) is 0 Å². The minimum Gasteiger partial charge on any atom is -0.298 e. The predicted octanol–water partition coefficient (Wildman–Crippen LogP) is 4.50. The van der Waals surface area contributed by atoms with Crippen LogP contribution in [0.1, 0.15) is 43.8 Å². The van der Waals surface area contributed by atoms with Crippen molar-refractivity contribution in [2.75, 3.05) is 5.32 Å². The smallest absolute Gasteiger partial charge is 0.258 e. The Balaban J connectivity index is 1.89. The van der Waals surface area contributed by atoms with E-state index in [1.165, 1.54) is 11.3 Å². The monoisotopic (exact) mass is 350 g/mol. The van der Waals surface area contributed by atoms with Gasteiger partial charge in [-0.3, -0.25) is 14.9 Å². The first-order valence-corrected chi connectivity index (χ1v) is 8.88. The van der Waals surface area contributed by atoms with Crippen LogP contribution in [-0.4, -0.2) is 16.7 Å². The fraction of sp³-hybridized carbons (Fsp3) is 0.150. The third-order valence-electron chi connectivity index (χ3n) is 3.90. The van der Waals surface area contributed by atoms with E-state index in [4.69, 9.17) is 0 Å². The number of hydrogen-bond acceptors (Lipinski definition) is 4. The van der Waals surface area contributed by atoms with Crippen molar-refractivity contribution in [2.24, 2.45) is 0 Å². The van der Waals surface area contributed by atoms with E-state index in [0.29, 0.717) is 21.8 Å². The average Bonchev–Trinajstić information content (AvgIpc) is 3.01. The molecule has 1 aromatic heterocycles. The molecule has 0 aliphatic heterocycles. The third-order valence-corrected chi connectivity index (χ3v) is 4.83. The summed E-state index contributed by atoms with van der Waals surface area (Å²) in [4.78, 5) is 30.9. The second-order valence-corrected chi connectivity index (χ2v) is 6.77. The molecule has 3 aromatic rings. The first kappa shape index (κ1) is 17.0. The van der Waals surface area contributed by atoms with Gasteiger partial charge in [-0.2, -0.15) is 0 Å². The van der Waals surface area contributed by atoms with Gasteiger partial charge in [0.05, 0.1) is 11.3 Å². The van der Waals surface area contributed by atoms with Gasteiger partial charge >= 0.3 is 0 Å². The quantitative estimate of drug-likeness (QED) is 0.689. The molecule has 1 amide bonds. The van der Waals surface area contributed by atoms with Gasteiger partial charge in [0.1, 0.15) is 0 Å². The molecule has 1 N–H and O–H groups in total. The van der Waals surface area contributed by atoms with E-state index in [0.717, 1.165) is 17.0 Å². The lowest BCUT2D eigenvalue weighted by Crippen LogP contribution is -2.16. The highest BCUT2D eigenvalue weighted by atomic mass is 32.1. The van der Waals surface area contributed by atoms with Crippen molar-refractivity contribution in [3.05, 3.63) is 81.9 Å². The van der Waals surface area contributed by atoms with Crippen LogP contribution in [0.3, 0.4) is 0 Å². The highest BCUT2D eigenvalue weighted by Gasteiger charge is 2.19. The number of ketones is 1. The van der Waals surface area contributed by atoms with E-state index < -0.39 is 0 Å². The zero-order valence-corrected chi connectivity index (χ0v) is 14.9. The predicted molar refractivity (Wildman–Crippen MR) is 100 cm³/mol. The Kier molecular flexibility index (Phi) is 5.05. The highest BCUT2D eigenvalue weighted by Crippen LogP contribution is 2.23. The molecule has 5 heteroatoms. The second-order valence-electron chi connectivity index (χ2n) is 5.57. The van der Waals surface area contributed by atoms with Crippen LogP contribution in [0.5, 0.6) is 0 Å².